The lowest BCUT2D eigenvalue weighted by Crippen LogP contribution is -2.33. The smallest absolute Gasteiger partial charge is 0.249 e. The molecule has 1 amide bonds. The van der Waals surface area contributed by atoms with Crippen molar-refractivity contribution < 1.29 is 13.9 Å². The number of carbonyl (C=O) groups is 1. The number of nitrogens with zero attached hydrogens (tertiary/aromatic N) is 3. The molecular weight excluding hydrogens is 239 g/mol. The lowest BCUT2D eigenvalue weighted by Gasteiger charge is -2.24. The Balaban J connectivity index is 2.24. The van der Waals surface area contributed by atoms with Gasteiger partial charge in [-0.15, -0.1) is 0 Å². The van der Waals surface area contributed by atoms with E-state index in [1.165, 1.54) is 12.1 Å². The highest BCUT2D eigenvalue weighted by Gasteiger charge is 2.20. The fourth-order valence-corrected chi connectivity index (χ4v) is 1.78. The zero-order chi connectivity index (χ0) is 13.0. The molecule has 94 valence electrons. The van der Waals surface area contributed by atoms with Crippen LogP contribution in [0.2, 0.25) is 0 Å². The van der Waals surface area contributed by atoms with Crippen molar-refractivity contribution in [1.82, 2.24) is 5.32 Å². The van der Waals surface area contributed by atoms with Crippen LogP contribution in [0.4, 0.5) is 4.39 Å². The second kappa shape index (κ2) is 5.59. The maximum atomic E-state index is 13.8. The molecule has 0 radical (unpaired) electrons. The van der Waals surface area contributed by atoms with Crippen molar-refractivity contribution in [3.63, 3.8) is 0 Å². The first-order valence-corrected chi connectivity index (χ1v) is 5.43. The van der Waals surface area contributed by atoms with E-state index in [1.54, 1.807) is 0 Å². The van der Waals surface area contributed by atoms with Crippen LogP contribution in [0.1, 0.15) is 22.0 Å². The van der Waals surface area contributed by atoms with E-state index in [9.17, 15) is 9.18 Å². The molecule has 1 unspecified atom stereocenters. The van der Waals surface area contributed by atoms with E-state index >= 15 is 0 Å². The van der Waals surface area contributed by atoms with E-state index in [0.717, 1.165) is 12.6 Å². The van der Waals surface area contributed by atoms with Crippen LogP contribution >= 0.6 is 0 Å². The third kappa shape index (κ3) is 2.65. The monoisotopic (exact) mass is 250 g/mol. The zero-order valence-electron chi connectivity index (χ0n) is 9.47. The minimum Gasteiger partial charge on any atom is -0.371 e. The van der Waals surface area contributed by atoms with Crippen molar-refractivity contribution in [2.45, 2.75) is 6.10 Å². The lowest BCUT2D eigenvalue weighted by molar-refractivity contribution is 0.0255. The number of nitrogens with one attached hydrogen (secondary N) is 1. The summed E-state index contributed by atoms with van der Waals surface area (Å²) in [6, 6.07) is 3.96. The molecule has 0 bridgehead atoms. The van der Waals surface area contributed by atoms with Crippen LogP contribution in [-0.2, 0) is 4.74 Å². The van der Waals surface area contributed by atoms with Crippen molar-refractivity contribution in [2.75, 3.05) is 19.7 Å². The van der Waals surface area contributed by atoms with Gasteiger partial charge in [0.1, 0.15) is 5.82 Å². The molecule has 1 aromatic carbocycles. The number of rotatable bonds is 2. The Morgan fingerprint density at radius 3 is 3.06 bits per heavy atom. The molecule has 0 aliphatic carbocycles. The number of amides is 1. The molecule has 0 saturated carbocycles. The van der Waals surface area contributed by atoms with Crippen LogP contribution in [0.15, 0.2) is 23.3 Å². The van der Waals surface area contributed by atoms with E-state index in [1.807, 2.05) is 0 Å². The van der Waals surface area contributed by atoms with Gasteiger partial charge in [-0.2, -0.15) is 0 Å². The van der Waals surface area contributed by atoms with Gasteiger partial charge < -0.3 is 10.1 Å². The van der Waals surface area contributed by atoms with Crippen molar-refractivity contribution in [3.8, 4) is 0 Å². The SMILES string of the molecule is [N-]=[N+]=NC(=O)c1ccc(C2CNCCO2)c(F)c1. The number of azide groups is 1. The fraction of sp³-hybridized carbons (Fsp3) is 0.364. The van der Waals surface area contributed by atoms with Crippen LogP contribution in [0.5, 0.6) is 0 Å². The molecule has 6 nitrogen and oxygen atoms in total. The molecule has 1 aliphatic rings. The highest BCUT2D eigenvalue weighted by atomic mass is 19.1. The number of carbonyl (C=O) groups excluding carboxylic acids is 1. The molecule has 0 spiro atoms. The Kier molecular flexibility index (Phi) is 3.88. The molecule has 1 fully saturated rings. The summed E-state index contributed by atoms with van der Waals surface area (Å²) in [6.45, 7) is 1.79. The topological polar surface area (TPSA) is 87.1 Å². The van der Waals surface area contributed by atoms with Gasteiger partial charge >= 0.3 is 0 Å². The van der Waals surface area contributed by atoms with Crippen LogP contribution in [0.25, 0.3) is 10.4 Å². The molecule has 1 aromatic rings. The van der Waals surface area contributed by atoms with Crippen LogP contribution < -0.4 is 5.32 Å². The molecule has 18 heavy (non-hydrogen) atoms. The van der Waals surface area contributed by atoms with Gasteiger partial charge in [0.15, 0.2) is 0 Å². The summed E-state index contributed by atoms with van der Waals surface area (Å²) in [4.78, 5) is 13.6. The summed E-state index contributed by atoms with van der Waals surface area (Å²) < 4.78 is 19.3. The first-order valence-electron chi connectivity index (χ1n) is 5.43. The lowest BCUT2D eigenvalue weighted by atomic mass is 10.0. The summed E-state index contributed by atoms with van der Waals surface area (Å²) in [7, 11) is 0. The quantitative estimate of drug-likeness (QED) is 0.494. The number of ether oxygens (including phenoxy) is 1. The van der Waals surface area contributed by atoms with Crippen LogP contribution in [0, 0.1) is 5.82 Å². The molecule has 0 aromatic heterocycles. The second-order valence-corrected chi connectivity index (χ2v) is 3.79. The van der Waals surface area contributed by atoms with Crippen LogP contribution in [-0.4, -0.2) is 25.6 Å². The normalized spacial score (nSPS) is 19.1. The van der Waals surface area contributed by atoms with Crippen molar-refractivity contribution in [1.29, 1.82) is 0 Å². The predicted octanol–water partition coefficient (Wildman–Crippen LogP) is 1.94. The van der Waals surface area contributed by atoms with E-state index in [0.29, 0.717) is 18.7 Å². The van der Waals surface area contributed by atoms with Crippen molar-refractivity contribution in [2.24, 2.45) is 5.11 Å². The van der Waals surface area contributed by atoms with Crippen LogP contribution in [0.3, 0.4) is 0 Å². The Hall–Kier alpha value is -1.95. The van der Waals surface area contributed by atoms with Gasteiger partial charge in [0.25, 0.3) is 0 Å². The van der Waals surface area contributed by atoms with Crippen molar-refractivity contribution >= 4 is 5.91 Å². The van der Waals surface area contributed by atoms with Gasteiger partial charge in [-0.3, -0.25) is 4.79 Å². The highest BCUT2D eigenvalue weighted by molar-refractivity contribution is 5.94. The fourth-order valence-electron chi connectivity index (χ4n) is 1.78. The summed E-state index contributed by atoms with van der Waals surface area (Å²) in [5.74, 6) is -1.34. The summed E-state index contributed by atoms with van der Waals surface area (Å²) >= 11 is 0. The third-order valence-corrected chi connectivity index (χ3v) is 2.66. The van der Waals surface area contributed by atoms with E-state index in [4.69, 9.17) is 10.3 Å². The molecule has 1 N–H and O–H groups in total. The average Bonchev–Trinajstić information content (AvgIpc) is 2.40. The molecule has 1 saturated heterocycles. The van der Waals surface area contributed by atoms with Gasteiger partial charge in [-0.1, -0.05) is 12.1 Å². The molecule has 7 heteroatoms. The number of hydrogen-bond acceptors (Lipinski definition) is 3. The largest absolute Gasteiger partial charge is 0.371 e. The standard InChI is InChI=1S/C11H11FN4O2/c12-9-5-7(11(17)15-16-13)1-2-8(9)10-6-14-3-4-18-10/h1-2,5,10,14H,3-4,6H2. The minimum absolute atomic E-state index is 0.0258. The first-order chi connectivity index (χ1) is 8.72. The molecule has 1 heterocycles. The summed E-state index contributed by atoms with van der Waals surface area (Å²) in [5.41, 5.74) is 8.56. The first kappa shape index (κ1) is 12.5. The van der Waals surface area contributed by atoms with E-state index in [2.05, 4.69) is 15.3 Å². The minimum atomic E-state index is -0.800. The number of morpholine rings is 1. The molecular formula is C11H11FN4O2. The highest BCUT2D eigenvalue weighted by Crippen LogP contribution is 2.23. The number of hydrogen-bond donors (Lipinski definition) is 1. The van der Waals surface area contributed by atoms with Gasteiger partial charge in [0.2, 0.25) is 5.91 Å². The second-order valence-electron chi connectivity index (χ2n) is 3.79. The predicted molar refractivity (Wildman–Crippen MR) is 61.4 cm³/mol. The maximum absolute atomic E-state index is 13.8. The van der Waals surface area contributed by atoms with E-state index < -0.39 is 11.7 Å². The maximum Gasteiger partial charge on any atom is 0.249 e. The van der Waals surface area contributed by atoms with Gasteiger partial charge in [-0.25, -0.2) is 4.39 Å². The summed E-state index contributed by atoms with van der Waals surface area (Å²) in [6.07, 6.45) is -0.359. The van der Waals surface area contributed by atoms with Gasteiger partial charge in [0.05, 0.1) is 12.7 Å². The van der Waals surface area contributed by atoms with Crippen molar-refractivity contribution in [3.05, 3.63) is 45.6 Å². The van der Waals surface area contributed by atoms with Gasteiger partial charge in [-0.05, 0) is 16.7 Å². The Bertz CT molecular complexity index is 508. The molecule has 1 atom stereocenters. The Morgan fingerprint density at radius 2 is 2.44 bits per heavy atom. The van der Waals surface area contributed by atoms with E-state index in [-0.39, 0.29) is 11.7 Å². The number of benzene rings is 1. The molecule has 1 aliphatic heterocycles. The average molecular weight is 250 g/mol. The number of halogens is 1. The Morgan fingerprint density at radius 1 is 1.61 bits per heavy atom. The Labute approximate surface area is 102 Å². The zero-order valence-corrected chi connectivity index (χ0v) is 9.47. The molecule has 2 rings (SSSR count). The third-order valence-electron chi connectivity index (χ3n) is 2.66. The van der Waals surface area contributed by atoms with Gasteiger partial charge in [0, 0.05) is 29.1 Å². The summed E-state index contributed by atoms with van der Waals surface area (Å²) in [5, 5.41) is 6.00.